The Balaban J connectivity index is 2.43. The summed E-state index contributed by atoms with van der Waals surface area (Å²) < 4.78 is 10.7. The standard InChI is InChI=1S/C14H21ClN2O3/c1-9(2)19-6-7-20-10(3)14(18)17-13-8-11(15)4-5-12(13)16/h4-5,8-10H,6-7,16H2,1-3H3,(H,17,18). The number of carbonyl (C=O) groups excluding carboxylic acids is 1. The van der Waals surface area contributed by atoms with Gasteiger partial charge in [0.2, 0.25) is 0 Å². The summed E-state index contributed by atoms with van der Waals surface area (Å²) in [6.45, 7) is 6.37. The maximum atomic E-state index is 11.9. The van der Waals surface area contributed by atoms with Crippen LogP contribution in [-0.2, 0) is 14.3 Å². The molecule has 0 saturated carbocycles. The van der Waals surface area contributed by atoms with Gasteiger partial charge in [0.15, 0.2) is 0 Å². The fourth-order valence-corrected chi connectivity index (χ4v) is 1.63. The first kappa shape index (κ1) is 16.8. The highest BCUT2D eigenvalue weighted by molar-refractivity contribution is 6.31. The number of rotatable bonds is 7. The first-order valence-corrected chi connectivity index (χ1v) is 6.87. The van der Waals surface area contributed by atoms with Crippen molar-refractivity contribution in [2.24, 2.45) is 0 Å². The van der Waals surface area contributed by atoms with Crippen molar-refractivity contribution in [3.05, 3.63) is 23.2 Å². The normalized spacial score (nSPS) is 12.4. The Morgan fingerprint density at radius 3 is 2.60 bits per heavy atom. The SMILES string of the molecule is CC(C)OCCOC(C)C(=O)Nc1cc(Cl)ccc1N. The molecule has 6 heteroatoms. The molecule has 0 aliphatic rings. The van der Waals surface area contributed by atoms with Gasteiger partial charge in [-0.05, 0) is 39.0 Å². The number of anilines is 2. The molecule has 0 heterocycles. The van der Waals surface area contributed by atoms with Gasteiger partial charge in [0, 0.05) is 5.02 Å². The van der Waals surface area contributed by atoms with Crippen molar-refractivity contribution in [2.75, 3.05) is 24.3 Å². The van der Waals surface area contributed by atoms with Crippen molar-refractivity contribution < 1.29 is 14.3 Å². The minimum absolute atomic E-state index is 0.147. The lowest BCUT2D eigenvalue weighted by Crippen LogP contribution is -2.29. The average molecular weight is 301 g/mol. The van der Waals surface area contributed by atoms with Crippen LogP contribution < -0.4 is 11.1 Å². The Hall–Kier alpha value is -1.30. The van der Waals surface area contributed by atoms with Gasteiger partial charge in [0.05, 0.1) is 30.7 Å². The van der Waals surface area contributed by atoms with Gasteiger partial charge in [-0.1, -0.05) is 11.6 Å². The number of benzene rings is 1. The van der Waals surface area contributed by atoms with Crippen LogP contribution in [-0.4, -0.2) is 31.3 Å². The second-order valence-corrected chi connectivity index (χ2v) is 5.09. The molecule has 0 aliphatic heterocycles. The van der Waals surface area contributed by atoms with E-state index in [4.69, 9.17) is 26.8 Å². The van der Waals surface area contributed by atoms with Crippen molar-refractivity contribution in [3.8, 4) is 0 Å². The van der Waals surface area contributed by atoms with E-state index in [0.717, 1.165) is 0 Å². The molecule has 0 spiro atoms. The van der Waals surface area contributed by atoms with Crippen LogP contribution in [0.25, 0.3) is 0 Å². The van der Waals surface area contributed by atoms with Crippen LogP contribution in [0.5, 0.6) is 0 Å². The number of nitrogens with two attached hydrogens (primary N) is 1. The van der Waals surface area contributed by atoms with E-state index in [1.807, 2.05) is 13.8 Å². The van der Waals surface area contributed by atoms with Crippen LogP contribution in [0.3, 0.4) is 0 Å². The Bertz CT molecular complexity index is 452. The van der Waals surface area contributed by atoms with Crippen molar-refractivity contribution in [1.82, 2.24) is 0 Å². The largest absolute Gasteiger partial charge is 0.397 e. The lowest BCUT2D eigenvalue weighted by Gasteiger charge is -2.15. The summed E-state index contributed by atoms with van der Waals surface area (Å²) in [4.78, 5) is 11.9. The molecule has 0 bridgehead atoms. The monoisotopic (exact) mass is 300 g/mol. The third-order valence-corrected chi connectivity index (χ3v) is 2.78. The minimum atomic E-state index is -0.593. The Kier molecular flexibility index (Phi) is 6.78. The van der Waals surface area contributed by atoms with E-state index in [1.165, 1.54) is 0 Å². The fraction of sp³-hybridized carbons (Fsp3) is 0.500. The maximum Gasteiger partial charge on any atom is 0.253 e. The first-order chi connectivity index (χ1) is 9.40. The molecule has 112 valence electrons. The predicted octanol–water partition coefficient (Wildman–Crippen LogP) is 2.69. The van der Waals surface area contributed by atoms with Gasteiger partial charge < -0.3 is 20.5 Å². The van der Waals surface area contributed by atoms with Crippen LogP contribution in [0.15, 0.2) is 18.2 Å². The molecule has 20 heavy (non-hydrogen) atoms. The molecule has 5 nitrogen and oxygen atoms in total. The summed E-state index contributed by atoms with van der Waals surface area (Å²) in [6.07, 6.45) is -0.446. The van der Waals surface area contributed by atoms with E-state index in [9.17, 15) is 4.79 Å². The molecule has 0 aliphatic carbocycles. The molecule has 1 aromatic rings. The molecule has 1 aromatic carbocycles. The third kappa shape index (κ3) is 5.77. The van der Waals surface area contributed by atoms with E-state index in [1.54, 1.807) is 25.1 Å². The van der Waals surface area contributed by atoms with E-state index < -0.39 is 6.10 Å². The quantitative estimate of drug-likeness (QED) is 0.600. The maximum absolute atomic E-state index is 11.9. The van der Waals surface area contributed by atoms with Crippen molar-refractivity contribution in [2.45, 2.75) is 33.0 Å². The number of halogens is 1. The van der Waals surface area contributed by atoms with E-state index in [2.05, 4.69) is 5.32 Å². The van der Waals surface area contributed by atoms with Gasteiger partial charge in [0.25, 0.3) is 5.91 Å². The van der Waals surface area contributed by atoms with Gasteiger partial charge in [-0.3, -0.25) is 4.79 Å². The lowest BCUT2D eigenvalue weighted by molar-refractivity contribution is -0.127. The van der Waals surface area contributed by atoms with Crippen LogP contribution in [0.1, 0.15) is 20.8 Å². The smallest absolute Gasteiger partial charge is 0.253 e. The summed E-state index contributed by atoms with van der Waals surface area (Å²) in [5, 5.41) is 3.19. The fourth-order valence-electron chi connectivity index (χ4n) is 1.46. The number of carbonyl (C=O) groups is 1. The minimum Gasteiger partial charge on any atom is -0.397 e. The molecular weight excluding hydrogens is 280 g/mol. The van der Waals surface area contributed by atoms with Gasteiger partial charge in [-0.25, -0.2) is 0 Å². The van der Waals surface area contributed by atoms with Crippen LogP contribution in [0.4, 0.5) is 11.4 Å². The highest BCUT2D eigenvalue weighted by atomic mass is 35.5. The molecule has 0 fully saturated rings. The lowest BCUT2D eigenvalue weighted by atomic mass is 10.2. The van der Waals surface area contributed by atoms with Gasteiger partial charge in [0.1, 0.15) is 6.10 Å². The average Bonchev–Trinajstić information content (AvgIpc) is 2.38. The molecule has 0 aromatic heterocycles. The van der Waals surface area contributed by atoms with Crippen LogP contribution in [0, 0.1) is 0 Å². The summed E-state index contributed by atoms with van der Waals surface area (Å²) in [5.74, 6) is -0.275. The second-order valence-electron chi connectivity index (χ2n) is 4.65. The van der Waals surface area contributed by atoms with Crippen LogP contribution >= 0.6 is 11.6 Å². The van der Waals surface area contributed by atoms with Gasteiger partial charge in [-0.2, -0.15) is 0 Å². The number of hydrogen-bond donors (Lipinski definition) is 2. The van der Waals surface area contributed by atoms with Gasteiger partial charge in [-0.15, -0.1) is 0 Å². The number of amides is 1. The zero-order chi connectivity index (χ0) is 15.1. The third-order valence-electron chi connectivity index (χ3n) is 2.54. The van der Waals surface area contributed by atoms with Crippen molar-refractivity contribution in [3.63, 3.8) is 0 Å². The molecular formula is C14H21ClN2O3. The van der Waals surface area contributed by atoms with E-state index >= 15 is 0 Å². The summed E-state index contributed by atoms with van der Waals surface area (Å²) in [6, 6.07) is 4.90. The topological polar surface area (TPSA) is 73.6 Å². The number of nitrogens with one attached hydrogen (secondary N) is 1. The van der Waals surface area contributed by atoms with Crippen molar-refractivity contribution >= 4 is 28.9 Å². The van der Waals surface area contributed by atoms with E-state index in [-0.39, 0.29) is 12.0 Å². The highest BCUT2D eigenvalue weighted by Crippen LogP contribution is 2.23. The number of ether oxygens (including phenoxy) is 2. The summed E-state index contributed by atoms with van der Waals surface area (Å²) >= 11 is 5.86. The Morgan fingerprint density at radius 2 is 1.95 bits per heavy atom. The molecule has 0 saturated heterocycles. The number of hydrogen-bond acceptors (Lipinski definition) is 4. The first-order valence-electron chi connectivity index (χ1n) is 6.49. The molecule has 1 atom stereocenters. The highest BCUT2D eigenvalue weighted by Gasteiger charge is 2.14. The Morgan fingerprint density at radius 1 is 1.30 bits per heavy atom. The number of nitrogen functional groups attached to an aromatic ring is 1. The zero-order valence-corrected chi connectivity index (χ0v) is 12.7. The molecule has 3 N–H and O–H groups in total. The molecule has 1 amide bonds. The van der Waals surface area contributed by atoms with Crippen LogP contribution in [0.2, 0.25) is 5.02 Å². The summed E-state index contributed by atoms with van der Waals surface area (Å²) in [7, 11) is 0. The predicted molar refractivity (Wildman–Crippen MR) is 81.0 cm³/mol. The van der Waals surface area contributed by atoms with Gasteiger partial charge >= 0.3 is 0 Å². The summed E-state index contributed by atoms with van der Waals surface area (Å²) in [5.41, 5.74) is 6.70. The zero-order valence-electron chi connectivity index (χ0n) is 12.0. The molecule has 0 radical (unpaired) electrons. The van der Waals surface area contributed by atoms with Crippen molar-refractivity contribution in [1.29, 1.82) is 0 Å². The second kappa shape index (κ2) is 8.09. The van der Waals surface area contributed by atoms with E-state index in [0.29, 0.717) is 29.6 Å². The molecule has 1 unspecified atom stereocenters. The molecule has 1 rings (SSSR count). The Labute approximate surface area is 124 Å².